The standard InChI is InChI=1S/C24H21N3O3S/c25-13-20(23(28)27-22-12-19-10-11-26-14-21(19)31-22)17-6-8-18(9-7-17)24(29)30-15-16-4-2-1-3-5-16/h1-12,14,20H,13,15,25H2,(H,27,28)/t20-/m1/s1. The van der Waals surface area contributed by atoms with Gasteiger partial charge in [-0.05, 0) is 40.8 Å². The molecule has 0 aliphatic heterocycles. The summed E-state index contributed by atoms with van der Waals surface area (Å²) in [5.74, 6) is -1.14. The number of carbonyl (C=O) groups is 2. The highest BCUT2D eigenvalue weighted by Crippen LogP contribution is 2.30. The summed E-state index contributed by atoms with van der Waals surface area (Å²) >= 11 is 1.46. The Kier molecular flexibility index (Phi) is 6.35. The van der Waals surface area contributed by atoms with Gasteiger partial charge in [-0.3, -0.25) is 9.78 Å². The number of nitrogens with one attached hydrogen (secondary N) is 1. The van der Waals surface area contributed by atoms with Crippen LogP contribution in [0.4, 0.5) is 5.00 Å². The molecule has 2 aromatic carbocycles. The zero-order valence-electron chi connectivity index (χ0n) is 16.7. The van der Waals surface area contributed by atoms with Crippen molar-refractivity contribution >= 4 is 38.3 Å². The van der Waals surface area contributed by atoms with E-state index in [0.29, 0.717) is 5.56 Å². The first-order valence-corrected chi connectivity index (χ1v) is 10.6. The molecule has 0 radical (unpaired) electrons. The zero-order chi connectivity index (χ0) is 21.6. The van der Waals surface area contributed by atoms with Crippen LogP contribution in [0.5, 0.6) is 0 Å². The van der Waals surface area contributed by atoms with E-state index in [-0.39, 0.29) is 19.1 Å². The van der Waals surface area contributed by atoms with Crippen molar-refractivity contribution in [2.75, 3.05) is 11.9 Å². The molecule has 1 amide bonds. The van der Waals surface area contributed by atoms with E-state index in [9.17, 15) is 9.59 Å². The average Bonchev–Trinajstić information content (AvgIpc) is 3.21. The van der Waals surface area contributed by atoms with E-state index in [1.807, 2.05) is 42.5 Å². The Morgan fingerprint density at radius 2 is 1.84 bits per heavy atom. The van der Waals surface area contributed by atoms with Gasteiger partial charge in [0.2, 0.25) is 5.91 Å². The molecule has 1 atom stereocenters. The van der Waals surface area contributed by atoms with Crippen molar-refractivity contribution in [3.8, 4) is 0 Å². The first-order chi connectivity index (χ1) is 15.1. The quantitative estimate of drug-likeness (QED) is 0.425. The van der Waals surface area contributed by atoms with Crippen LogP contribution >= 0.6 is 11.3 Å². The molecular formula is C24H21N3O3S. The highest BCUT2D eigenvalue weighted by molar-refractivity contribution is 7.22. The fourth-order valence-corrected chi connectivity index (χ4v) is 4.14. The van der Waals surface area contributed by atoms with Gasteiger partial charge in [0.25, 0.3) is 0 Å². The summed E-state index contributed by atoms with van der Waals surface area (Å²) in [6, 6.07) is 20.1. The van der Waals surface area contributed by atoms with Gasteiger partial charge in [-0.1, -0.05) is 42.5 Å². The van der Waals surface area contributed by atoms with Crippen molar-refractivity contribution in [1.82, 2.24) is 4.98 Å². The van der Waals surface area contributed by atoms with E-state index < -0.39 is 11.9 Å². The van der Waals surface area contributed by atoms with Gasteiger partial charge in [0, 0.05) is 18.9 Å². The SMILES string of the molecule is NC[C@@H](C(=O)Nc1cc2ccncc2s1)c1ccc(C(=O)OCc2ccccc2)cc1. The van der Waals surface area contributed by atoms with Crippen molar-refractivity contribution in [2.24, 2.45) is 5.73 Å². The Morgan fingerprint density at radius 3 is 2.55 bits per heavy atom. The van der Waals surface area contributed by atoms with E-state index in [4.69, 9.17) is 10.5 Å². The molecule has 0 aliphatic carbocycles. The Hall–Kier alpha value is -3.55. The monoisotopic (exact) mass is 431 g/mol. The van der Waals surface area contributed by atoms with E-state index in [2.05, 4.69) is 10.3 Å². The third kappa shape index (κ3) is 4.96. The summed E-state index contributed by atoms with van der Waals surface area (Å²) in [4.78, 5) is 29.2. The summed E-state index contributed by atoms with van der Waals surface area (Å²) in [7, 11) is 0. The van der Waals surface area contributed by atoms with Gasteiger partial charge in [0.05, 0.1) is 21.2 Å². The van der Waals surface area contributed by atoms with Gasteiger partial charge in [-0.25, -0.2) is 4.79 Å². The van der Waals surface area contributed by atoms with Gasteiger partial charge in [0.1, 0.15) is 6.61 Å². The molecule has 7 heteroatoms. The molecule has 0 fully saturated rings. The molecule has 2 heterocycles. The minimum Gasteiger partial charge on any atom is -0.457 e. The number of ether oxygens (including phenoxy) is 1. The summed E-state index contributed by atoms with van der Waals surface area (Å²) in [6.07, 6.45) is 3.49. The lowest BCUT2D eigenvalue weighted by molar-refractivity contribution is -0.117. The number of hydrogen-bond acceptors (Lipinski definition) is 6. The number of benzene rings is 2. The number of pyridine rings is 1. The zero-order valence-corrected chi connectivity index (χ0v) is 17.5. The first-order valence-electron chi connectivity index (χ1n) is 9.79. The normalized spacial score (nSPS) is 11.8. The van der Waals surface area contributed by atoms with Gasteiger partial charge >= 0.3 is 5.97 Å². The largest absolute Gasteiger partial charge is 0.457 e. The molecule has 3 N–H and O–H groups in total. The molecule has 156 valence electrons. The number of thiophene rings is 1. The number of nitrogens with two attached hydrogens (primary N) is 1. The Labute approximate surface area is 183 Å². The Morgan fingerprint density at radius 1 is 1.06 bits per heavy atom. The van der Waals surface area contributed by atoms with Crippen LogP contribution in [0.1, 0.15) is 27.4 Å². The topological polar surface area (TPSA) is 94.3 Å². The summed E-state index contributed by atoms with van der Waals surface area (Å²) < 4.78 is 6.35. The molecule has 31 heavy (non-hydrogen) atoms. The van der Waals surface area contributed by atoms with Gasteiger partial charge in [-0.15, -0.1) is 11.3 Å². The number of amides is 1. The number of carbonyl (C=O) groups excluding carboxylic acids is 2. The molecule has 0 spiro atoms. The van der Waals surface area contributed by atoms with Crippen LogP contribution in [-0.4, -0.2) is 23.4 Å². The Bertz CT molecular complexity index is 1160. The van der Waals surface area contributed by atoms with Crippen molar-refractivity contribution in [3.05, 3.63) is 95.8 Å². The molecule has 4 rings (SSSR count). The number of anilines is 1. The fraction of sp³-hybridized carbons (Fsp3) is 0.125. The van der Waals surface area contributed by atoms with Crippen molar-refractivity contribution in [2.45, 2.75) is 12.5 Å². The lowest BCUT2D eigenvalue weighted by Crippen LogP contribution is -2.27. The second-order valence-electron chi connectivity index (χ2n) is 6.99. The predicted octanol–water partition coefficient (Wildman–Crippen LogP) is 4.33. The third-order valence-corrected chi connectivity index (χ3v) is 5.88. The van der Waals surface area contributed by atoms with Gasteiger partial charge in [-0.2, -0.15) is 0 Å². The molecule has 0 bridgehead atoms. The van der Waals surface area contributed by atoms with Crippen LogP contribution in [0.3, 0.4) is 0 Å². The lowest BCUT2D eigenvalue weighted by atomic mass is 9.97. The van der Waals surface area contributed by atoms with E-state index >= 15 is 0 Å². The smallest absolute Gasteiger partial charge is 0.338 e. The summed E-state index contributed by atoms with van der Waals surface area (Å²) in [5.41, 5.74) is 7.97. The second-order valence-corrected chi connectivity index (χ2v) is 8.07. The van der Waals surface area contributed by atoms with Crippen LogP contribution in [0.15, 0.2) is 79.1 Å². The van der Waals surface area contributed by atoms with Crippen LogP contribution < -0.4 is 11.1 Å². The highest BCUT2D eigenvalue weighted by atomic mass is 32.1. The van der Waals surface area contributed by atoms with E-state index in [1.54, 1.807) is 36.7 Å². The molecule has 0 saturated heterocycles. The molecule has 2 aromatic heterocycles. The number of hydrogen-bond donors (Lipinski definition) is 2. The molecule has 6 nitrogen and oxygen atoms in total. The maximum absolute atomic E-state index is 12.8. The molecule has 0 unspecified atom stereocenters. The number of nitrogens with zero attached hydrogens (tertiary/aromatic N) is 1. The minimum atomic E-state index is -0.530. The maximum Gasteiger partial charge on any atom is 0.338 e. The minimum absolute atomic E-state index is 0.149. The number of esters is 1. The molecule has 0 aliphatic rings. The van der Waals surface area contributed by atoms with Crippen LogP contribution in [0, 0.1) is 0 Å². The Balaban J connectivity index is 1.41. The number of rotatable bonds is 7. The molecule has 0 saturated carbocycles. The second kappa shape index (κ2) is 9.51. The molecule has 4 aromatic rings. The summed E-state index contributed by atoms with van der Waals surface area (Å²) in [5, 5.41) is 4.71. The number of fused-ring (bicyclic) bond motifs is 1. The van der Waals surface area contributed by atoms with Crippen molar-refractivity contribution in [1.29, 1.82) is 0 Å². The van der Waals surface area contributed by atoms with Crippen LogP contribution in [0.25, 0.3) is 10.1 Å². The van der Waals surface area contributed by atoms with Crippen molar-refractivity contribution < 1.29 is 14.3 Å². The average molecular weight is 432 g/mol. The van der Waals surface area contributed by atoms with E-state index in [1.165, 1.54) is 11.3 Å². The first kappa shape index (κ1) is 20.7. The van der Waals surface area contributed by atoms with Crippen molar-refractivity contribution in [3.63, 3.8) is 0 Å². The van der Waals surface area contributed by atoms with Gasteiger partial charge in [0.15, 0.2) is 0 Å². The fourth-order valence-electron chi connectivity index (χ4n) is 3.21. The lowest BCUT2D eigenvalue weighted by Gasteiger charge is -2.15. The summed E-state index contributed by atoms with van der Waals surface area (Å²) in [6.45, 7) is 0.357. The van der Waals surface area contributed by atoms with Gasteiger partial charge < -0.3 is 15.8 Å². The third-order valence-electron chi connectivity index (χ3n) is 4.88. The predicted molar refractivity (Wildman–Crippen MR) is 122 cm³/mol. The highest BCUT2D eigenvalue weighted by Gasteiger charge is 2.20. The van der Waals surface area contributed by atoms with Crippen LogP contribution in [-0.2, 0) is 16.1 Å². The van der Waals surface area contributed by atoms with Crippen LogP contribution in [0.2, 0.25) is 0 Å². The van der Waals surface area contributed by atoms with E-state index in [0.717, 1.165) is 26.2 Å². The maximum atomic E-state index is 12.8. The molecular weight excluding hydrogens is 410 g/mol. The number of aromatic nitrogens is 1.